The van der Waals surface area contributed by atoms with Gasteiger partial charge < -0.3 is 11.1 Å². The molecule has 0 aromatic heterocycles. The minimum atomic E-state index is -3.46. The lowest BCUT2D eigenvalue weighted by Gasteiger charge is -2.43. The van der Waals surface area contributed by atoms with Crippen molar-refractivity contribution >= 4 is 15.9 Å². The Bertz CT molecular complexity index is 1000. The van der Waals surface area contributed by atoms with Gasteiger partial charge in [0, 0.05) is 24.5 Å². The van der Waals surface area contributed by atoms with E-state index in [1.165, 1.54) is 11.1 Å². The first kappa shape index (κ1) is 25.6. The summed E-state index contributed by atoms with van der Waals surface area (Å²) < 4.78 is 29.4. The van der Waals surface area contributed by atoms with Crippen molar-refractivity contribution in [2.45, 2.75) is 90.1 Å². The van der Waals surface area contributed by atoms with Crippen molar-refractivity contribution in [2.75, 3.05) is 18.8 Å². The molecule has 7 heteroatoms. The van der Waals surface area contributed by atoms with Crippen LogP contribution in [-0.4, -0.2) is 49.6 Å². The van der Waals surface area contributed by atoms with Crippen LogP contribution in [0.1, 0.15) is 77.3 Å². The molecule has 3 aliphatic rings. The summed E-state index contributed by atoms with van der Waals surface area (Å²) in [7, 11) is -3.46. The zero-order valence-electron chi connectivity index (χ0n) is 21.3. The van der Waals surface area contributed by atoms with E-state index in [9.17, 15) is 13.2 Å². The quantitative estimate of drug-likeness (QED) is 0.612. The summed E-state index contributed by atoms with van der Waals surface area (Å²) in [6.07, 6.45) is 6.08. The molecule has 3 N–H and O–H groups in total. The number of nitrogens with one attached hydrogen (secondary N) is 1. The van der Waals surface area contributed by atoms with Crippen LogP contribution < -0.4 is 11.1 Å². The van der Waals surface area contributed by atoms with E-state index in [4.69, 9.17) is 5.73 Å². The van der Waals surface area contributed by atoms with Crippen molar-refractivity contribution in [1.29, 1.82) is 0 Å². The Labute approximate surface area is 206 Å². The Morgan fingerprint density at radius 3 is 2.50 bits per heavy atom. The highest BCUT2D eigenvalue weighted by Crippen LogP contribution is 2.51. The van der Waals surface area contributed by atoms with Gasteiger partial charge in [-0.25, -0.2) is 12.7 Å². The molecule has 1 amide bonds. The van der Waals surface area contributed by atoms with Crippen LogP contribution in [0.4, 0.5) is 0 Å². The molecule has 5 atom stereocenters. The van der Waals surface area contributed by atoms with Crippen LogP contribution in [-0.2, 0) is 26.7 Å². The average molecular weight is 490 g/mol. The van der Waals surface area contributed by atoms with E-state index in [0.717, 1.165) is 38.5 Å². The molecule has 1 saturated carbocycles. The Morgan fingerprint density at radius 2 is 1.85 bits per heavy atom. The highest BCUT2D eigenvalue weighted by atomic mass is 32.2. The number of amides is 1. The largest absolute Gasteiger partial charge is 0.351 e. The summed E-state index contributed by atoms with van der Waals surface area (Å²) in [4.78, 5) is 12.7. The number of carbonyl (C=O) groups is 1. The third-order valence-corrected chi connectivity index (χ3v) is 11.9. The maximum atomic E-state index is 13.8. The van der Waals surface area contributed by atoms with Gasteiger partial charge in [-0.15, -0.1) is 0 Å². The van der Waals surface area contributed by atoms with Crippen LogP contribution in [0.3, 0.4) is 0 Å². The van der Waals surface area contributed by atoms with Gasteiger partial charge in [0.05, 0.1) is 11.8 Å². The third kappa shape index (κ3) is 4.33. The van der Waals surface area contributed by atoms with E-state index in [0.29, 0.717) is 25.4 Å². The number of hydrogen-bond donors (Lipinski definition) is 2. The van der Waals surface area contributed by atoms with E-state index >= 15 is 0 Å². The van der Waals surface area contributed by atoms with Crippen LogP contribution in [0, 0.1) is 17.3 Å². The Kier molecular flexibility index (Phi) is 7.20. The lowest BCUT2D eigenvalue weighted by Crippen LogP contribution is -2.55. The van der Waals surface area contributed by atoms with Crippen molar-refractivity contribution in [2.24, 2.45) is 23.0 Å². The summed E-state index contributed by atoms with van der Waals surface area (Å²) in [5.41, 5.74) is 8.51. The molecule has 1 saturated heterocycles. The summed E-state index contributed by atoms with van der Waals surface area (Å²) >= 11 is 0. The molecule has 1 aromatic carbocycles. The van der Waals surface area contributed by atoms with Crippen molar-refractivity contribution in [3.8, 4) is 0 Å². The fraction of sp³-hybridized carbons (Fsp3) is 0.741. The number of rotatable bonds is 7. The van der Waals surface area contributed by atoms with Gasteiger partial charge in [0.25, 0.3) is 0 Å². The van der Waals surface area contributed by atoms with Crippen LogP contribution in [0.5, 0.6) is 0 Å². The normalized spacial score (nSPS) is 32.0. The zero-order valence-corrected chi connectivity index (χ0v) is 22.2. The topological polar surface area (TPSA) is 92.5 Å². The fourth-order valence-corrected chi connectivity index (χ4v) is 9.44. The lowest BCUT2D eigenvalue weighted by molar-refractivity contribution is -0.123. The lowest BCUT2D eigenvalue weighted by atomic mass is 9.74. The van der Waals surface area contributed by atoms with Gasteiger partial charge in [-0.1, -0.05) is 52.0 Å². The molecule has 0 radical (unpaired) electrons. The van der Waals surface area contributed by atoms with Gasteiger partial charge >= 0.3 is 0 Å². The highest BCUT2D eigenvalue weighted by molar-refractivity contribution is 7.89. The number of piperidine rings is 1. The molecule has 190 valence electrons. The molecule has 1 spiro atoms. The number of nitrogens with two attached hydrogens (primary N) is 1. The molecule has 0 bridgehead atoms. The van der Waals surface area contributed by atoms with Crippen LogP contribution >= 0.6 is 0 Å². The second-order valence-electron chi connectivity index (χ2n) is 11.3. The molecule has 1 aromatic rings. The molecule has 6 nitrogen and oxygen atoms in total. The standard InChI is InChI=1S/C27H43N3O3S/c1-5-23(28)25(31)29-24-17-19(3)20(4)27(24,6-2)18-34(32,33)30-15-13-26(14-16-30)12-11-21-9-7-8-10-22(21)26/h7-10,19-20,23-24H,5-6,11-18,28H2,1-4H3,(H,29,31). The van der Waals surface area contributed by atoms with E-state index < -0.39 is 21.5 Å². The Hall–Kier alpha value is -1.44. The monoisotopic (exact) mass is 489 g/mol. The van der Waals surface area contributed by atoms with Crippen LogP contribution in [0.25, 0.3) is 0 Å². The molecular weight excluding hydrogens is 446 g/mol. The van der Waals surface area contributed by atoms with Gasteiger partial charge in [-0.3, -0.25) is 4.79 Å². The second-order valence-corrected chi connectivity index (χ2v) is 13.2. The summed E-state index contributed by atoms with van der Waals surface area (Å²) in [6, 6.07) is 7.97. The smallest absolute Gasteiger partial charge is 0.237 e. The number of carbonyl (C=O) groups excluding carboxylic acids is 1. The van der Waals surface area contributed by atoms with E-state index in [1.54, 1.807) is 4.31 Å². The minimum Gasteiger partial charge on any atom is -0.351 e. The highest BCUT2D eigenvalue weighted by Gasteiger charge is 2.54. The number of fused-ring (bicyclic) bond motifs is 2. The fourth-order valence-electron chi connectivity index (χ4n) is 7.17. The van der Waals surface area contributed by atoms with Gasteiger partial charge in [0.15, 0.2) is 0 Å². The summed E-state index contributed by atoms with van der Waals surface area (Å²) in [6.45, 7) is 9.47. The molecule has 2 aliphatic carbocycles. The SMILES string of the molecule is CCC(N)C(=O)NC1CC(C)C(C)C1(CC)CS(=O)(=O)N1CCC2(CCc3ccccc32)CC1. The Morgan fingerprint density at radius 1 is 1.18 bits per heavy atom. The van der Waals surface area contributed by atoms with E-state index in [2.05, 4.69) is 50.4 Å². The van der Waals surface area contributed by atoms with Gasteiger partial charge in [-0.05, 0) is 73.3 Å². The number of sulfonamides is 1. The third-order valence-electron chi connectivity index (χ3n) is 9.80. The van der Waals surface area contributed by atoms with Gasteiger partial charge in [-0.2, -0.15) is 0 Å². The molecule has 34 heavy (non-hydrogen) atoms. The maximum Gasteiger partial charge on any atom is 0.237 e. The second kappa shape index (κ2) is 9.55. The molecule has 2 fully saturated rings. The maximum absolute atomic E-state index is 13.8. The van der Waals surface area contributed by atoms with Crippen LogP contribution in [0.15, 0.2) is 24.3 Å². The molecule has 5 unspecified atom stereocenters. The number of aryl methyl sites for hydroxylation is 1. The number of hydrogen-bond acceptors (Lipinski definition) is 4. The molecule has 1 aliphatic heterocycles. The first-order chi connectivity index (χ1) is 16.1. The van der Waals surface area contributed by atoms with Gasteiger partial charge in [0.1, 0.15) is 0 Å². The summed E-state index contributed by atoms with van der Waals surface area (Å²) in [5.74, 6) is 0.479. The predicted octanol–water partition coefficient (Wildman–Crippen LogP) is 3.59. The number of nitrogens with zero attached hydrogens (tertiary/aromatic N) is 1. The van der Waals surface area contributed by atoms with Crippen molar-refractivity contribution in [1.82, 2.24) is 9.62 Å². The van der Waals surface area contributed by atoms with Crippen molar-refractivity contribution < 1.29 is 13.2 Å². The minimum absolute atomic E-state index is 0.0951. The Balaban J connectivity index is 1.51. The van der Waals surface area contributed by atoms with Crippen molar-refractivity contribution in [3.05, 3.63) is 35.4 Å². The predicted molar refractivity (Wildman–Crippen MR) is 137 cm³/mol. The van der Waals surface area contributed by atoms with Gasteiger partial charge in [0.2, 0.25) is 15.9 Å². The molecule has 4 rings (SSSR count). The first-order valence-corrected chi connectivity index (χ1v) is 14.8. The van der Waals surface area contributed by atoms with Crippen molar-refractivity contribution in [3.63, 3.8) is 0 Å². The number of benzene rings is 1. The molecule has 1 heterocycles. The zero-order chi connectivity index (χ0) is 24.7. The first-order valence-electron chi connectivity index (χ1n) is 13.2. The average Bonchev–Trinajstić information content (AvgIpc) is 3.29. The summed E-state index contributed by atoms with van der Waals surface area (Å²) in [5, 5.41) is 3.16. The molecular formula is C27H43N3O3S. The van der Waals surface area contributed by atoms with Crippen LogP contribution in [0.2, 0.25) is 0 Å². The van der Waals surface area contributed by atoms with E-state index in [1.807, 2.05) is 6.92 Å². The van der Waals surface area contributed by atoms with E-state index in [-0.39, 0.29) is 29.0 Å².